The number of anilines is 1. The van der Waals surface area contributed by atoms with Gasteiger partial charge >= 0.3 is 5.97 Å². The van der Waals surface area contributed by atoms with Crippen LogP contribution in [0.5, 0.6) is 0 Å². The Labute approximate surface area is 161 Å². The quantitative estimate of drug-likeness (QED) is 0.522. The Morgan fingerprint density at radius 3 is 2.39 bits per heavy atom. The van der Waals surface area contributed by atoms with Gasteiger partial charge in [0.1, 0.15) is 0 Å². The number of hydrogen-bond acceptors (Lipinski definition) is 5. The van der Waals surface area contributed by atoms with Gasteiger partial charge in [-0.2, -0.15) is 0 Å². The lowest BCUT2D eigenvalue weighted by Crippen LogP contribution is -2.15. The molecule has 1 amide bonds. The highest BCUT2D eigenvalue weighted by Crippen LogP contribution is 2.15. The fourth-order valence-electron chi connectivity index (χ4n) is 2.72. The average Bonchev–Trinajstić information content (AvgIpc) is 3.31. The van der Waals surface area contributed by atoms with Crippen LogP contribution in [0.15, 0.2) is 53.1 Å². The van der Waals surface area contributed by atoms with Crippen molar-refractivity contribution < 1.29 is 23.5 Å². The molecular formula is C21H20N2O5. The number of amides is 1. The highest BCUT2D eigenvalue weighted by Gasteiger charge is 2.17. The molecule has 0 aliphatic carbocycles. The first-order valence-corrected chi connectivity index (χ1v) is 8.65. The lowest BCUT2D eigenvalue weighted by Gasteiger charge is -2.07. The predicted molar refractivity (Wildman–Crippen MR) is 103 cm³/mol. The van der Waals surface area contributed by atoms with Crippen molar-refractivity contribution in [1.29, 1.82) is 0 Å². The zero-order chi connectivity index (χ0) is 20.3. The van der Waals surface area contributed by atoms with Crippen LogP contribution < -0.4 is 5.32 Å². The van der Waals surface area contributed by atoms with E-state index in [2.05, 4.69) is 5.32 Å². The summed E-state index contributed by atoms with van der Waals surface area (Å²) in [5.41, 5.74) is 3.12. The maximum atomic E-state index is 12.3. The molecular weight excluding hydrogens is 360 g/mol. The SMILES string of the molecule is Cc1cc(C(=O)COC(=O)c2ccc(NC(=O)c3ccco3)cc2)c(C)n1C. The van der Waals surface area contributed by atoms with Crippen LogP contribution in [0.1, 0.15) is 42.7 Å². The van der Waals surface area contributed by atoms with Gasteiger partial charge in [0, 0.05) is 29.7 Å². The van der Waals surface area contributed by atoms with Gasteiger partial charge in [0.15, 0.2) is 12.4 Å². The standard InChI is InChI=1S/C21H20N2O5/c1-13-11-17(14(2)23(13)3)18(24)12-28-21(26)15-6-8-16(9-7-15)22-20(25)19-5-4-10-27-19/h4-11H,12H2,1-3H3,(H,22,25). The number of furan rings is 1. The summed E-state index contributed by atoms with van der Waals surface area (Å²) in [6, 6.07) is 11.1. The number of ether oxygens (including phenoxy) is 1. The van der Waals surface area contributed by atoms with Crippen LogP contribution in [0.2, 0.25) is 0 Å². The van der Waals surface area contributed by atoms with E-state index in [1.165, 1.54) is 18.4 Å². The summed E-state index contributed by atoms with van der Waals surface area (Å²) in [5, 5.41) is 2.65. The van der Waals surface area contributed by atoms with Crippen molar-refractivity contribution in [3.63, 3.8) is 0 Å². The summed E-state index contributed by atoms with van der Waals surface area (Å²) in [6.45, 7) is 3.42. The van der Waals surface area contributed by atoms with Gasteiger partial charge in [-0.05, 0) is 56.3 Å². The number of aryl methyl sites for hydroxylation is 1. The summed E-state index contributed by atoms with van der Waals surface area (Å²) in [4.78, 5) is 36.4. The number of benzene rings is 1. The minimum absolute atomic E-state index is 0.188. The van der Waals surface area contributed by atoms with Gasteiger partial charge in [0.25, 0.3) is 5.91 Å². The average molecular weight is 380 g/mol. The van der Waals surface area contributed by atoms with Gasteiger partial charge < -0.3 is 19.0 Å². The van der Waals surface area contributed by atoms with E-state index in [-0.39, 0.29) is 29.6 Å². The van der Waals surface area contributed by atoms with Gasteiger partial charge in [-0.3, -0.25) is 9.59 Å². The largest absolute Gasteiger partial charge is 0.459 e. The number of esters is 1. The molecule has 0 radical (unpaired) electrons. The molecule has 0 atom stereocenters. The number of hydrogen-bond donors (Lipinski definition) is 1. The highest BCUT2D eigenvalue weighted by atomic mass is 16.5. The molecule has 7 heteroatoms. The fourth-order valence-corrected chi connectivity index (χ4v) is 2.72. The molecule has 0 saturated carbocycles. The van der Waals surface area contributed by atoms with E-state index < -0.39 is 5.97 Å². The molecule has 0 unspecified atom stereocenters. The molecule has 0 bridgehead atoms. The maximum absolute atomic E-state index is 12.3. The third kappa shape index (κ3) is 4.03. The number of Topliss-reactive ketones (excluding diaryl/α,β-unsaturated/α-hetero) is 1. The Kier molecular flexibility index (Phi) is 5.44. The molecule has 2 aromatic heterocycles. The van der Waals surface area contributed by atoms with Gasteiger partial charge in [-0.1, -0.05) is 0 Å². The number of rotatable bonds is 6. The molecule has 0 aliphatic rings. The van der Waals surface area contributed by atoms with E-state index in [0.29, 0.717) is 11.3 Å². The number of nitrogens with zero attached hydrogens (tertiary/aromatic N) is 1. The third-order valence-corrected chi connectivity index (χ3v) is 4.53. The smallest absolute Gasteiger partial charge is 0.338 e. The second-order valence-corrected chi connectivity index (χ2v) is 6.35. The topological polar surface area (TPSA) is 90.5 Å². The summed E-state index contributed by atoms with van der Waals surface area (Å²) in [7, 11) is 1.87. The molecule has 144 valence electrons. The van der Waals surface area contributed by atoms with E-state index in [0.717, 1.165) is 11.4 Å². The first-order valence-electron chi connectivity index (χ1n) is 8.65. The van der Waals surface area contributed by atoms with Crippen molar-refractivity contribution in [2.75, 3.05) is 11.9 Å². The molecule has 7 nitrogen and oxygen atoms in total. The van der Waals surface area contributed by atoms with Crippen LogP contribution in [0.4, 0.5) is 5.69 Å². The maximum Gasteiger partial charge on any atom is 0.338 e. The number of carbonyl (C=O) groups excluding carboxylic acids is 3. The minimum atomic E-state index is -0.609. The Morgan fingerprint density at radius 1 is 1.11 bits per heavy atom. The number of ketones is 1. The molecule has 0 aliphatic heterocycles. The summed E-state index contributed by atoms with van der Waals surface area (Å²) < 4.78 is 12.1. The molecule has 0 spiro atoms. The lowest BCUT2D eigenvalue weighted by molar-refractivity contribution is 0.0474. The first-order chi connectivity index (χ1) is 13.4. The number of carbonyl (C=O) groups is 3. The van der Waals surface area contributed by atoms with Gasteiger partial charge in [-0.25, -0.2) is 4.79 Å². The van der Waals surface area contributed by atoms with E-state index in [4.69, 9.17) is 9.15 Å². The van der Waals surface area contributed by atoms with Crippen LogP contribution >= 0.6 is 0 Å². The van der Waals surface area contributed by atoms with Crippen molar-refractivity contribution in [1.82, 2.24) is 4.57 Å². The van der Waals surface area contributed by atoms with Gasteiger partial charge in [0.2, 0.25) is 5.78 Å². The van der Waals surface area contributed by atoms with Crippen LogP contribution in [-0.4, -0.2) is 28.8 Å². The van der Waals surface area contributed by atoms with Crippen molar-refractivity contribution in [3.05, 3.63) is 77.0 Å². The molecule has 28 heavy (non-hydrogen) atoms. The zero-order valence-corrected chi connectivity index (χ0v) is 15.8. The fraction of sp³-hybridized carbons (Fsp3) is 0.190. The zero-order valence-electron chi connectivity index (χ0n) is 15.8. The van der Waals surface area contributed by atoms with Gasteiger partial charge in [-0.15, -0.1) is 0 Å². The Hall–Kier alpha value is -3.61. The molecule has 3 aromatic rings. The minimum Gasteiger partial charge on any atom is -0.459 e. The highest BCUT2D eigenvalue weighted by molar-refractivity contribution is 6.03. The van der Waals surface area contributed by atoms with E-state index in [1.807, 2.05) is 25.5 Å². The molecule has 3 rings (SSSR count). The molecule has 0 saturated heterocycles. The van der Waals surface area contributed by atoms with E-state index in [1.54, 1.807) is 30.3 Å². The van der Waals surface area contributed by atoms with E-state index in [9.17, 15) is 14.4 Å². The molecule has 0 fully saturated rings. The summed E-state index contributed by atoms with van der Waals surface area (Å²) >= 11 is 0. The van der Waals surface area contributed by atoms with Gasteiger partial charge in [0.05, 0.1) is 11.8 Å². The first kappa shape index (κ1) is 19.2. The lowest BCUT2D eigenvalue weighted by atomic mass is 10.1. The van der Waals surface area contributed by atoms with Crippen molar-refractivity contribution >= 4 is 23.3 Å². The van der Waals surface area contributed by atoms with Crippen LogP contribution in [-0.2, 0) is 11.8 Å². The monoisotopic (exact) mass is 380 g/mol. The van der Waals surface area contributed by atoms with Crippen LogP contribution in [0.3, 0.4) is 0 Å². The third-order valence-electron chi connectivity index (χ3n) is 4.53. The molecule has 1 aromatic carbocycles. The number of aromatic nitrogens is 1. The Balaban J connectivity index is 1.58. The molecule has 2 heterocycles. The molecule has 1 N–H and O–H groups in total. The second-order valence-electron chi connectivity index (χ2n) is 6.35. The summed E-state index contributed by atoms with van der Waals surface area (Å²) in [5.74, 6) is -1.06. The Morgan fingerprint density at radius 2 is 1.82 bits per heavy atom. The summed E-state index contributed by atoms with van der Waals surface area (Å²) in [6.07, 6.45) is 1.41. The van der Waals surface area contributed by atoms with Crippen molar-refractivity contribution in [2.45, 2.75) is 13.8 Å². The Bertz CT molecular complexity index is 1010. The normalized spacial score (nSPS) is 10.5. The van der Waals surface area contributed by atoms with Crippen LogP contribution in [0, 0.1) is 13.8 Å². The van der Waals surface area contributed by atoms with Crippen molar-refractivity contribution in [2.24, 2.45) is 7.05 Å². The second kappa shape index (κ2) is 7.96. The number of nitrogens with one attached hydrogen (secondary N) is 1. The van der Waals surface area contributed by atoms with Crippen LogP contribution in [0.25, 0.3) is 0 Å². The van der Waals surface area contributed by atoms with Crippen molar-refractivity contribution in [3.8, 4) is 0 Å². The van der Waals surface area contributed by atoms with E-state index >= 15 is 0 Å². The predicted octanol–water partition coefficient (Wildman–Crippen LogP) is 3.53.